The molecule has 2 aromatic rings. The summed E-state index contributed by atoms with van der Waals surface area (Å²) in [7, 11) is -5.04. The number of nitro groups is 2. The van der Waals surface area contributed by atoms with E-state index in [1.54, 1.807) is 6.07 Å². The van der Waals surface area contributed by atoms with Gasteiger partial charge >= 0.3 is 23.6 Å². The molecule has 2 aromatic carbocycles. The Morgan fingerprint density at radius 3 is 1.36 bits per heavy atom. The van der Waals surface area contributed by atoms with Gasteiger partial charge in [0.1, 0.15) is 0 Å². The van der Waals surface area contributed by atoms with E-state index >= 15 is 0 Å². The lowest BCUT2D eigenvalue weighted by Gasteiger charge is -2.28. The third-order valence-corrected chi connectivity index (χ3v) is 14.9. The van der Waals surface area contributed by atoms with Crippen molar-refractivity contribution in [2.24, 2.45) is 0 Å². The Bertz CT molecular complexity index is 1390. The summed E-state index contributed by atoms with van der Waals surface area (Å²) in [4.78, 5) is 42.9. The largest absolute Gasteiger partial charge is 0.500 e. The number of nitrogens with zero attached hydrogens (tertiary/aromatic N) is 2. The van der Waals surface area contributed by atoms with Crippen LogP contribution in [0.5, 0.6) is 0 Å². The van der Waals surface area contributed by atoms with Crippen LogP contribution in [0.25, 0.3) is 0 Å². The first-order chi connectivity index (χ1) is 25.1. The molecule has 0 aromatic heterocycles. The van der Waals surface area contributed by atoms with Crippen molar-refractivity contribution in [3.05, 3.63) is 74.9 Å². The first kappa shape index (κ1) is 50.8. The Morgan fingerprint density at radius 1 is 0.660 bits per heavy atom. The molecule has 16 nitrogen and oxygen atoms in total. The van der Waals surface area contributed by atoms with Gasteiger partial charge in [-0.15, -0.1) is 0 Å². The summed E-state index contributed by atoms with van der Waals surface area (Å²) in [5.74, 6) is -1.50. The molecular weight excluding hydrogens is 956 g/mol. The number of halogens is 2. The summed E-state index contributed by atoms with van der Waals surface area (Å²) in [5.41, 5.74) is -0.0682. The van der Waals surface area contributed by atoms with E-state index in [0.29, 0.717) is 71.4 Å². The van der Waals surface area contributed by atoms with E-state index in [1.165, 1.54) is 24.3 Å². The molecule has 0 radical (unpaired) electrons. The van der Waals surface area contributed by atoms with Gasteiger partial charge in [-0.2, -0.15) is 0 Å². The second kappa shape index (κ2) is 28.3. The molecular formula is C33H53I2N3O13Si2. The fourth-order valence-corrected chi connectivity index (χ4v) is 11.1. The molecule has 300 valence electrons. The van der Waals surface area contributed by atoms with Gasteiger partial charge in [-0.25, -0.2) is 4.79 Å². The second-order valence-electron chi connectivity index (χ2n) is 10.6. The van der Waals surface area contributed by atoms with Crippen LogP contribution in [0.4, 0.5) is 11.4 Å². The monoisotopic (exact) mass is 1010 g/mol. The predicted octanol–water partition coefficient (Wildman–Crippen LogP) is 8.10. The fraction of sp³-hybridized carbons (Fsp3) is 0.576. The van der Waals surface area contributed by atoms with Gasteiger partial charge < -0.3 is 37.0 Å². The lowest BCUT2D eigenvalue weighted by atomic mass is 10.2. The molecule has 20 heteroatoms. The minimum Gasteiger partial charge on any atom is -0.478 e. The summed E-state index contributed by atoms with van der Waals surface area (Å²) in [6, 6.07) is 9.49. The molecule has 0 aliphatic rings. The van der Waals surface area contributed by atoms with Gasteiger partial charge in [-0.1, -0.05) is 13.3 Å². The number of nitrogens with one attached hydrogen (secondary N) is 1. The number of non-ortho nitro benzene ring substituents is 2. The SMILES string of the molecule is CCCC[Si](OCC)(OCC)OCC.CCO[Si](CCCNC(=O)c1cc([N+](=O)[O-])ccc1I)(OCC)OCC.O=C(O)c1cc([N+](=O)[O-])ccc1I. The molecule has 0 fully saturated rings. The summed E-state index contributed by atoms with van der Waals surface area (Å²) >= 11 is 3.80. The Labute approximate surface area is 341 Å². The standard InChI is InChI=1S/C16H25IN2O6Si.C10H24O3Si.C7H4INO4/c1-4-23-26(24-5-2,25-6-3)11-7-10-18-16(20)14-12-13(19(21)22)8-9-15(14)17;1-5-9-10-14(11-6-2,12-7-3)13-8-4;8-6-2-1-4(9(12)13)3-5(6)7(10)11/h8-9,12H,4-7,10-11H2,1-3H3,(H,18,20);5-10H2,1-4H3;1-3H,(H,10,11). The molecule has 0 unspecified atom stereocenters. The molecule has 0 spiro atoms. The first-order valence-corrected chi connectivity index (χ1v) is 23.4. The van der Waals surface area contributed by atoms with Crippen LogP contribution in [0.15, 0.2) is 36.4 Å². The molecule has 0 saturated heterocycles. The van der Waals surface area contributed by atoms with E-state index in [4.69, 9.17) is 31.7 Å². The van der Waals surface area contributed by atoms with Crippen molar-refractivity contribution >= 4 is 86.0 Å². The number of benzene rings is 2. The third kappa shape index (κ3) is 19.3. The first-order valence-electron chi connectivity index (χ1n) is 17.4. The average molecular weight is 1010 g/mol. The predicted molar refractivity (Wildman–Crippen MR) is 221 cm³/mol. The van der Waals surface area contributed by atoms with Gasteiger partial charge in [-0.05, 0) is 112 Å². The van der Waals surface area contributed by atoms with Gasteiger partial charge in [-0.3, -0.25) is 25.0 Å². The van der Waals surface area contributed by atoms with E-state index in [1.807, 2.05) is 86.7 Å². The zero-order valence-electron chi connectivity index (χ0n) is 31.4. The number of carbonyl (C=O) groups excluding carboxylic acids is 1. The number of carboxylic acids is 1. The van der Waals surface area contributed by atoms with Crippen LogP contribution in [0, 0.1) is 27.4 Å². The topological polar surface area (TPSA) is 208 Å². The van der Waals surface area contributed by atoms with Crippen molar-refractivity contribution < 1.29 is 51.1 Å². The van der Waals surface area contributed by atoms with Crippen LogP contribution in [-0.2, 0) is 26.6 Å². The molecule has 0 heterocycles. The highest BCUT2D eigenvalue weighted by Crippen LogP contribution is 2.22. The number of carboxylic acid groups (broad SMARTS) is 1. The second-order valence-corrected chi connectivity index (χ2v) is 18.4. The van der Waals surface area contributed by atoms with E-state index in [0.717, 1.165) is 25.0 Å². The number of hydrogen-bond acceptors (Lipinski definition) is 12. The normalized spacial score (nSPS) is 11.1. The zero-order chi connectivity index (χ0) is 40.5. The average Bonchev–Trinajstić information content (AvgIpc) is 3.10. The maximum Gasteiger partial charge on any atom is 0.500 e. The molecule has 0 saturated carbocycles. The number of rotatable bonds is 23. The van der Waals surface area contributed by atoms with E-state index in [9.17, 15) is 29.8 Å². The van der Waals surface area contributed by atoms with Crippen LogP contribution >= 0.6 is 45.2 Å². The lowest BCUT2D eigenvalue weighted by Crippen LogP contribution is -2.46. The summed E-state index contributed by atoms with van der Waals surface area (Å²) in [6.07, 6.45) is 2.90. The lowest BCUT2D eigenvalue weighted by molar-refractivity contribution is -0.385. The highest BCUT2D eigenvalue weighted by Gasteiger charge is 2.40. The molecule has 1 amide bonds. The summed E-state index contributed by atoms with van der Waals surface area (Å²) in [5, 5.41) is 32.6. The fourth-order valence-electron chi connectivity index (χ4n) is 4.59. The van der Waals surface area contributed by atoms with Crippen molar-refractivity contribution in [3.63, 3.8) is 0 Å². The maximum atomic E-state index is 12.3. The van der Waals surface area contributed by atoms with Crippen molar-refractivity contribution in [2.45, 2.75) is 79.8 Å². The van der Waals surface area contributed by atoms with Crippen LogP contribution in [0.2, 0.25) is 12.1 Å². The third-order valence-electron chi connectivity index (χ3n) is 6.76. The molecule has 0 aliphatic heterocycles. The van der Waals surface area contributed by atoms with Crippen LogP contribution in [0.1, 0.15) is 88.4 Å². The molecule has 2 rings (SSSR count). The molecule has 53 heavy (non-hydrogen) atoms. The van der Waals surface area contributed by atoms with Gasteiger partial charge in [0.2, 0.25) is 0 Å². The van der Waals surface area contributed by atoms with Crippen molar-refractivity contribution in [3.8, 4) is 0 Å². The minimum atomic E-state index is -2.72. The van der Waals surface area contributed by atoms with Crippen molar-refractivity contribution in [1.82, 2.24) is 5.32 Å². The van der Waals surface area contributed by atoms with E-state index in [-0.39, 0.29) is 22.8 Å². The number of unbranched alkanes of at least 4 members (excludes halogenated alkanes) is 1. The maximum absolute atomic E-state index is 12.3. The molecule has 0 aliphatic carbocycles. The van der Waals surface area contributed by atoms with Gasteiger partial charge in [0.05, 0.1) is 21.0 Å². The minimum absolute atomic E-state index is 0.0465. The Morgan fingerprint density at radius 2 is 1.02 bits per heavy atom. The number of nitro benzene ring substituents is 2. The van der Waals surface area contributed by atoms with Crippen molar-refractivity contribution in [2.75, 3.05) is 46.2 Å². The number of hydrogen-bond donors (Lipinski definition) is 2. The van der Waals surface area contributed by atoms with Crippen LogP contribution < -0.4 is 5.32 Å². The number of carbonyl (C=O) groups is 2. The highest BCUT2D eigenvalue weighted by atomic mass is 127. The quantitative estimate of drug-likeness (QED) is 0.0355. The zero-order valence-corrected chi connectivity index (χ0v) is 37.8. The molecule has 2 N–H and O–H groups in total. The van der Waals surface area contributed by atoms with Gasteiger partial charge in [0.15, 0.2) is 0 Å². The summed E-state index contributed by atoms with van der Waals surface area (Å²) in [6.45, 7) is 17.8. The summed E-state index contributed by atoms with van der Waals surface area (Å²) < 4.78 is 35.6. The van der Waals surface area contributed by atoms with Gasteiger partial charge in [0, 0.05) is 89.7 Å². The van der Waals surface area contributed by atoms with E-state index in [2.05, 4.69) is 12.2 Å². The number of aromatic carboxylic acids is 1. The van der Waals surface area contributed by atoms with Crippen LogP contribution in [0.3, 0.4) is 0 Å². The number of amides is 1. The Hall–Kier alpha value is -2.17. The smallest absolute Gasteiger partial charge is 0.478 e. The van der Waals surface area contributed by atoms with Crippen LogP contribution in [-0.4, -0.2) is 90.6 Å². The Kier molecular flexibility index (Phi) is 27.1. The Balaban J connectivity index is 0.000000843. The highest BCUT2D eigenvalue weighted by molar-refractivity contribution is 14.1. The molecule has 0 atom stereocenters. The van der Waals surface area contributed by atoms with Gasteiger partial charge in [0.25, 0.3) is 17.3 Å². The van der Waals surface area contributed by atoms with Crippen molar-refractivity contribution in [1.29, 1.82) is 0 Å². The molecule has 0 bridgehead atoms. The van der Waals surface area contributed by atoms with E-state index < -0.39 is 33.4 Å².